The van der Waals surface area contributed by atoms with Crippen LogP contribution >= 0.6 is 0 Å². The third-order valence-electron chi connectivity index (χ3n) is 7.95. The van der Waals surface area contributed by atoms with E-state index in [0.717, 1.165) is 67.1 Å². The number of halogens is 1. The highest BCUT2D eigenvalue weighted by molar-refractivity contribution is 5.92. The molecule has 208 valence electrons. The van der Waals surface area contributed by atoms with Crippen LogP contribution in [0.15, 0.2) is 54.6 Å². The highest BCUT2D eigenvalue weighted by Gasteiger charge is 2.26. The van der Waals surface area contributed by atoms with Crippen LogP contribution in [0.4, 0.5) is 4.39 Å². The number of imidazole rings is 1. The van der Waals surface area contributed by atoms with Crippen LogP contribution in [-0.2, 0) is 24.4 Å². The number of hydrogen-bond donors (Lipinski definition) is 1. The third-order valence-corrected chi connectivity index (χ3v) is 7.95. The van der Waals surface area contributed by atoms with Crippen LogP contribution in [0.2, 0.25) is 0 Å². The first-order chi connectivity index (χ1) is 19.4. The summed E-state index contributed by atoms with van der Waals surface area (Å²) in [6.45, 7) is 5.93. The number of piperidine rings is 1. The molecule has 40 heavy (non-hydrogen) atoms. The van der Waals surface area contributed by atoms with Gasteiger partial charge < -0.3 is 19.1 Å². The van der Waals surface area contributed by atoms with Gasteiger partial charge in [-0.25, -0.2) is 19.2 Å². The number of benzene rings is 2. The van der Waals surface area contributed by atoms with Gasteiger partial charge >= 0.3 is 5.97 Å². The van der Waals surface area contributed by atoms with E-state index in [-0.39, 0.29) is 24.1 Å². The number of likely N-dealkylation sites (tertiary alicyclic amines) is 1. The molecule has 1 atom stereocenters. The van der Waals surface area contributed by atoms with Crippen molar-refractivity contribution in [3.8, 4) is 5.88 Å². The number of aromatic carboxylic acids is 1. The van der Waals surface area contributed by atoms with Gasteiger partial charge in [0.1, 0.15) is 18.2 Å². The molecule has 0 spiro atoms. The second kappa shape index (κ2) is 11.3. The van der Waals surface area contributed by atoms with Crippen molar-refractivity contribution in [3.63, 3.8) is 0 Å². The fraction of sp³-hybridized carbons (Fsp3) is 0.387. The maximum absolute atomic E-state index is 14.2. The summed E-state index contributed by atoms with van der Waals surface area (Å²) in [5, 5.41) is 9.49. The Morgan fingerprint density at radius 2 is 1.93 bits per heavy atom. The standard InChI is InChI=1S/C31H33FN4O4/c1-20-5-6-23(25(32)15-20)19-40-30-4-2-3-26(34-30)21-9-12-35(13-10-21)18-29-33-27-8-7-22(31(37)38)16-28(27)36(29)17-24-11-14-39-24/h2-8,15-16,21,24H,9-14,17-19H2,1H3,(H,37,38). The van der Waals surface area contributed by atoms with Crippen molar-refractivity contribution < 1.29 is 23.8 Å². The van der Waals surface area contributed by atoms with Crippen molar-refractivity contribution in [1.29, 1.82) is 0 Å². The van der Waals surface area contributed by atoms with Crippen LogP contribution in [0.5, 0.6) is 5.88 Å². The quantitative estimate of drug-likeness (QED) is 0.305. The first-order valence-electron chi connectivity index (χ1n) is 13.8. The van der Waals surface area contributed by atoms with Crippen LogP contribution in [0.1, 0.15) is 58.2 Å². The molecule has 9 heteroatoms. The van der Waals surface area contributed by atoms with Crippen molar-refractivity contribution in [2.75, 3.05) is 19.7 Å². The van der Waals surface area contributed by atoms with Gasteiger partial charge in [0.25, 0.3) is 0 Å². The van der Waals surface area contributed by atoms with Gasteiger partial charge in [0.05, 0.1) is 35.8 Å². The molecule has 4 aromatic rings. The normalized spacial score (nSPS) is 18.1. The van der Waals surface area contributed by atoms with E-state index in [9.17, 15) is 14.3 Å². The third kappa shape index (κ3) is 5.71. The lowest BCUT2D eigenvalue weighted by Gasteiger charge is -2.32. The maximum atomic E-state index is 14.2. The summed E-state index contributed by atoms with van der Waals surface area (Å²) in [5.41, 5.74) is 4.30. The van der Waals surface area contributed by atoms with Crippen molar-refractivity contribution in [3.05, 3.63) is 88.6 Å². The number of pyridine rings is 1. The van der Waals surface area contributed by atoms with E-state index in [0.29, 0.717) is 30.5 Å². The van der Waals surface area contributed by atoms with Gasteiger partial charge in [0.15, 0.2) is 0 Å². The average molecular weight is 545 g/mol. The molecule has 0 saturated carbocycles. The molecule has 2 aliphatic rings. The minimum absolute atomic E-state index is 0.137. The zero-order chi connectivity index (χ0) is 27.6. The number of nitrogens with zero attached hydrogens (tertiary/aromatic N) is 4. The SMILES string of the molecule is Cc1ccc(COc2cccc(C3CCN(Cc4nc5ccc(C(=O)O)cc5n4CC4CCO4)CC3)n2)c(F)c1. The van der Waals surface area contributed by atoms with Gasteiger partial charge in [-0.05, 0) is 75.2 Å². The van der Waals surface area contributed by atoms with E-state index in [2.05, 4.69) is 9.47 Å². The molecular formula is C31H33FN4O4. The number of aryl methyl sites for hydroxylation is 1. The number of hydrogen-bond acceptors (Lipinski definition) is 6. The Kier molecular flexibility index (Phi) is 7.49. The zero-order valence-corrected chi connectivity index (χ0v) is 22.6. The van der Waals surface area contributed by atoms with Gasteiger partial charge in [0, 0.05) is 29.8 Å². The lowest BCUT2D eigenvalue weighted by molar-refractivity contribution is -0.0592. The number of carbonyl (C=O) groups is 1. The molecule has 0 radical (unpaired) electrons. The lowest BCUT2D eigenvalue weighted by Crippen LogP contribution is -2.35. The Morgan fingerprint density at radius 3 is 2.65 bits per heavy atom. The molecule has 6 rings (SSSR count). The molecule has 1 N–H and O–H groups in total. The fourth-order valence-corrected chi connectivity index (χ4v) is 5.51. The Hall–Kier alpha value is -3.82. The van der Waals surface area contributed by atoms with Crippen LogP contribution < -0.4 is 4.74 Å². The zero-order valence-electron chi connectivity index (χ0n) is 22.6. The summed E-state index contributed by atoms with van der Waals surface area (Å²) in [7, 11) is 0. The Morgan fingerprint density at radius 1 is 1.10 bits per heavy atom. The summed E-state index contributed by atoms with van der Waals surface area (Å²) in [4.78, 5) is 23.6. The van der Waals surface area contributed by atoms with E-state index in [1.165, 1.54) is 6.07 Å². The van der Waals surface area contributed by atoms with Crippen molar-refractivity contribution >= 4 is 17.0 Å². The summed E-state index contributed by atoms with van der Waals surface area (Å²) in [6.07, 6.45) is 3.05. The van der Waals surface area contributed by atoms with E-state index in [1.54, 1.807) is 24.3 Å². The highest BCUT2D eigenvalue weighted by Crippen LogP contribution is 2.30. The van der Waals surface area contributed by atoms with E-state index < -0.39 is 5.97 Å². The van der Waals surface area contributed by atoms with Gasteiger partial charge in [-0.2, -0.15) is 0 Å². The maximum Gasteiger partial charge on any atom is 0.335 e. The fourth-order valence-electron chi connectivity index (χ4n) is 5.51. The van der Waals surface area contributed by atoms with Crippen LogP contribution in [0.3, 0.4) is 0 Å². The topological polar surface area (TPSA) is 89.7 Å². The molecule has 0 aliphatic carbocycles. The number of carboxylic acid groups (broad SMARTS) is 1. The van der Waals surface area contributed by atoms with Gasteiger partial charge in [-0.15, -0.1) is 0 Å². The smallest absolute Gasteiger partial charge is 0.335 e. The second-order valence-corrected chi connectivity index (χ2v) is 10.8. The molecule has 2 aromatic heterocycles. The van der Waals surface area contributed by atoms with E-state index in [4.69, 9.17) is 19.4 Å². The van der Waals surface area contributed by atoms with E-state index in [1.807, 2.05) is 31.2 Å². The minimum Gasteiger partial charge on any atom is -0.478 e. The van der Waals surface area contributed by atoms with Crippen molar-refractivity contribution in [2.24, 2.45) is 0 Å². The first-order valence-corrected chi connectivity index (χ1v) is 13.8. The van der Waals surface area contributed by atoms with Crippen LogP contribution in [0.25, 0.3) is 11.0 Å². The van der Waals surface area contributed by atoms with Gasteiger partial charge in [0.2, 0.25) is 5.88 Å². The lowest BCUT2D eigenvalue weighted by atomic mass is 9.93. The first kappa shape index (κ1) is 26.4. The Balaban J connectivity index is 1.11. The summed E-state index contributed by atoms with van der Waals surface area (Å²) in [6, 6.07) is 16.1. The number of ether oxygens (including phenoxy) is 2. The van der Waals surface area contributed by atoms with Crippen molar-refractivity contribution in [1.82, 2.24) is 19.4 Å². The van der Waals surface area contributed by atoms with E-state index >= 15 is 0 Å². The number of fused-ring (bicyclic) bond motifs is 1. The number of aromatic nitrogens is 3. The Bertz CT molecular complexity index is 1530. The van der Waals surface area contributed by atoms with Crippen molar-refractivity contribution in [2.45, 2.75) is 57.9 Å². The van der Waals surface area contributed by atoms with Gasteiger partial charge in [-0.1, -0.05) is 18.2 Å². The molecular weight excluding hydrogens is 511 g/mol. The minimum atomic E-state index is -0.941. The predicted octanol–water partition coefficient (Wildman–Crippen LogP) is 5.32. The molecule has 2 aromatic carbocycles. The molecule has 2 saturated heterocycles. The molecule has 0 amide bonds. The molecule has 1 unspecified atom stereocenters. The summed E-state index contributed by atoms with van der Waals surface area (Å²) >= 11 is 0. The molecule has 2 aliphatic heterocycles. The number of rotatable bonds is 9. The van der Waals surface area contributed by atoms with Crippen LogP contribution in [0, 0.1) is 12.7 Å². The second-order valence-electron chi connectivity index (χ2n) is 10.8. The van der Waals surface area contributed by atoms with Gasteiger partial charge in [-0.3, -0.25) is 4.90 Å². The summed E-state index contributed by atoms with van der Waals surface area (Å²) in [5.74, 6) is 0.551. The Labute approximate surface area is 232 Å². The highest BCUT2D eigenvalue weighted by atomic mass is 19.1. The molecule has 4 heterocycles. The van der Waals surface area contributed by atoms with Crippen LogP contribution in [-0.4, -0.2) is 56.3 Å². The molecule has 8 nitrogen and oxygen atoms in total. The number of carboxylic acids is 1. The molecule has 2 fully saturated rings. The largest absolute Gasteiger partial charge is 0.478 e. The molecule has 0 bridgehead atoms. The predicted molar refractivity (Wildman–Crippen MR) is 148 cm³/mol. The average Bonchev–Trinajstić information content (AvgIpc) is 3.26. The monoisotopic (exact) mass is 544 g/mol. The summed E-state index contributed by atoms with van der Waals surface area (Å²) < 4.78 is 27.9.